The predicted molar refractivity (Wildman–Crippen MR) is 82.2 cm³/mol. The highest BCUT2D eigenvalue weighted by Gasteiger charge is 2.09. The van der Waals surface area contributed by atoms with Crippen LogP contribution in [0.1, 0.15) is 0 Å². The molecule has 0 aliphatic carbocycles. The van der Waals surface area contributed by atoms with Gasteiger partial charge in [-0.25, -0.2) is 0 Å². The maximum absolute atomic E-state index is 12.6. The predicted octanol–water partition coefficient (Wildman–Crippen LogP) is 2.70. The van der Waals surface area contributed by atoms with Gasteiger partial charge in [-0.15, -0.1) is 6.58 Å². The van der Waals surface area contributed by atoms with Crippen molar-refractivity contribution in [2.75, 3.05) is 0 Å². The summed E-state index contributed by atoms with van der Waals surface area (Å²) in [5, 5.41) is 2.70. The fraction of sp³-hybridized carbons (Fsp3) is 0.0588. The second kappa shape index (κ2) is 4.78. The van der Waals surface area contributed by atoms with Crippen molar-refractivity contribution in [1.82, 2.24) is 4.57 Å². The molecule has 0 radical (unpaired) electrons. The first-order valence-corrected chi connectivity index (χ1v) is 6.39. The Bertz CT molecular complexity index is 866. The van der Waals surface area contributed by atoms with E-state index in [-0.39, 0.29) is 17.7 Å². The number of benzene rings is 2. The van der Waals surface area contributed by atoms with Gasteiger partial charge in [-0.3, -0.25) is 14.2 Å². The van der Waals surface area contributed by atoms with E-state index in [4.69, 9.17) is 0 Å². The van der Waals surface area contributed by atoms with Gasteiger partial charge in [0.05, 0.1) is 0 Å². The minimum absolute atomic E-state index is 0.209. The molecule has 1 heterocycles. The van der Waals surface area contributed by atoms with E-state index >= 15 is 0 Å². The van der Waals surface area contributed by atoms with Crippen LogP contribution in [0.4, 0.5) is 0 Å². The summed E-state index contributed by atoms with van der Waals surface area (Å²) in [6.45, 7) is 3.83. The molecule has 0 fully saturated rings. The minimum atomic E-state index is -0.276. The van der Waals surface area contributed by atoms with Crippen LogP contribution in [-0.2, 0) is 6.54 Å². The second-order valence-corrected chi connectivity index (χ2v) is 4.60. The molecule has 3 nitrogen and oxygen atoms in total. The van der Waals surface area contributed by atoms with Gasteiger partial charge in [-0.05, 0) is 22.9 Å². The van der Waals surface area contributed by atoms with Gasteiger partial charge >= 0.3 is 0 Å². The molecule has 2 aromatic carbocycles. The smallest absolute Gasteiger partial charge is 0.261 e. The van der Waals surface area contributed by atoms with Crippen LogP contribution < -0.4 is 11.1 Å². The van der Waals surface area contributed by atoms with E-state index in [1.54, 1.807) is 30.3 Å². The van der Waals surface area contributed by atoms with Crippen LogP contribution in [0.2, 0.25) is 0 Å². The lowest BCUT2D eigenvalue weighted by molar-refractivity contribution is 0.767. The third-order valence-electron chi connectivity index (χ3n) is 3.41. The molecule has 0 bridgehead atoms. The van der Waals surface area contributed by atoms with Gasteiger partial charge in [0, 0.05) is 17.3 Å². The Morgan fingerprint density at radius 1 is 0.800 bits per heavy atom. The van der Waals surface area contributed by atoms with Crippen LogP contribution in [0.15, 0.2) is 70.8 Å². The van der Waals surface area contributed by atoms with Crippen molar-refractivity contribution in [3.8, 4) is 0 Å². The molecule has 1 aromatic heterocycles. The second-order valence-electron chi connectivity index (χ2n) is 4.60. The van der Waals surface area contributed by atoms with E-state index in [1.165, 1.54) is 4.57 Å². The highest BCUT2D eigenvalue weighted by Crippen LogP contribution is 2.18. The Kier molecular flexibility index (Phi) is 2.95. The Morgan fingerprint density at radius 3 is 1.60 bits per heavy atom. The third-order valence-corrected chi connectivity index (χ3v) is 3.41. The lowest BCUT2D eigenvalue weighted by Crippen LogP contribution is -2.29. The van der Waals surface area contributed by atoms with Crippen molar-refractivity contribution in [2.45, 2.75) is 6.54 Å². The number of fused-ring (bicyclic) bond motifs is 3. The number of hydrogen-bond donors (Lipinski definition) is 0. The van der Waals surface area contributed by atoms with Gasteiger partial charge < -0.3 is 0 Å². The molecule has 0 atom stereocenters. The number of nitrogens with zero attached hydrogens (tertiary/aromatic N) is 1. The molecular formula is C17H13NO2. The summed E-state index contributed by atoms with van der Waals surface area (Å²) >= 11 is 0. The Balaban J connectivity index is 2.75. The van der Waals surface area contributed by atoms with Crippen LogP contribution in [0, 0.1) is 0 Å². The zero-order valence-electron chi connectivity index (χ0n) is 10.9. The van der Waals surface area contributed by atoms with Crippen LogP contribution in [-0.4, -0.2) is 4.57 Å². The molecule has 0 aliphatic rings. The molecule has 0 unspecified atom stereocenters. The van der Waals surface area contributed by atoms with Crippen molar-refractivity contribution in [3.63, 3.8) is 0 Å². The average molecular weight is 263 g/mol. The zero-order valence-corrected chi connectivity index (χ0v) is 10.9. The minimum Gasteiger partial charge on any atom is -0.270 e. The molecule has 0 saturated carbocycles. The summed E-state index contributed by atoms with van der Waals surface area (Å²) in [6.07, 6.45) is 1.56. The van der Waals surface area contributed by atoms with Gasteiger partial charge in [0.2, 0.25) is 0 Å². The molecule has 0 amide bonds. The molecule has 3 aromatic rings. The van der Waals surface area contributed by atoms with Crippen LogP contribution in [0.3, 0.4) is 0 Å². The van der Waals surface area contributed by atoms with E-state index in [0.29, 0.717) is 10.8 Å². The maximum atomic E-state index is 12.6. The summed E-state index contributed by atoms with van der Waals surface area (Å²) in [5.74, 6) is 0. The normalized spacial score (nSPS) is 10.8. The molecular weight excluding hydrogens is 250 g/mol. The first-order chi connectivity index (χ1) is 9.74. The van der Waals surface area contributed by atoms with E-state index in [1.807, 2.05) is 24.3 Å². The summed E-state index contributed by atoms with van der Waals surface area (Å²) in [6, 6.07) is 14.6. The zero-order chi connectivity index (χ0) is 14.1. The van der Waals surface area contributed by atoms with E-state index < -0.39 is 0 Å². The molecule has 0 spiro atoms. The molecule has 3 heteroatoms. The van der Waals surface area contributed by atoms with E-state index in [9.17, 15) is 9.59 Å². The summed E-state index contributed by atoms with van der Waals surface area (Å²) in [5.41, 5.74) is -0.552. The average Bonchev–Trinajstić information content (AvgIpc) is 2.58. The number of rotatable bonds is 2. The van der Waals surface area contributed by atoms with Crippen molar-refractivity contribution < 1.29 is 0 Å². The third kappa shape index (κ3) is 1.75. The largest absolute Gasteiger partial charge is 0.270 e. The van der Waals surface area contributed by atoms with Crippen LogP contribution >= 0.6 is 0 Å². The fourth-order valence-electron chi connectivity index (χ4n) is 2.49. The number of allylic oxidation sites excluding steroid dienone is 1. The van der Waals surface area contributed by atoms with Crippen molar-refractivity contribution in [3.05, 3.63) is 81.9 Å². The van der Waals surface area contributed by atoms with Crippen LogP contribution in [0.5, 0.6) is 0 Å². The summed E-state index contributed by atoms with van der Waals surface area (Å²) < 4.78 is 1.23. The standard InChI is InChI=1S/C17H13NO2/c1-2-11-18-16(19)14-9-5-3-7-12(14)13-8-4-6-10-15(13)17(18)20/h2-10H,1,11H2. The number of hydrogen-bond acceptors (Lipinski definition) is 2. The Labute approximate surface area is 115 Å². The van der Waals surface area contributed by atoms with Crippen molar-refractivity contribution in [2.24, 2.45) is 0 Å². The monoisotopic (exact) mass is 263 g/mol. The van der Waals surface area contributed by atoms with Gasteiger partial charge in [-0.1, -0.05) is 42.5 Å². The van der Waals surface area contributed by atoms with Crippen molar-refractivity contribution >= 4 is 21.5 Å². The first-order valence-electron chi connectivity index (χ1n) is 6.39. The lowest BCUT2D eigenvalue weighted by Gasteiger charge is -1.96. The fourth-order valence-corrected chi connectivity index (χ4v) is 2.49. The first kappa shape index (κ1) is 12.4. The van der Waals surface area contributed by atoms with Crippen LogP contribution in [0.25, 0.3) is 21.5 Å². The molecule has 98 valence electrons. The summed E-state index contributed by atoms with van der Waals surface area (Å²) in [4.78, 5) is 25.1. The van der Waals surface area contributed by atoms with E-state index in [0.717, 1.165) is 10.8 Å². The highest BCUT2D eigenvalue weighted by molar-refractivity contribution is 6.05. The van der Waals surface area contributed by atoms with Crippen molar-refractivity contribution in [1.29, 1.82) is 0 Å². The molecule has 20 heavy (non-hydrogen) atoms. The van der Waals surface area contributed by atoms with Gasteiger partial charge in [0.25, 0.3) is 11.1 Å². The highest BCUT2D eigenvalue weighted by atomic mass is 16.2. The lowest BCUT2D eigenvalue weighted by atomic mass is 10.1. The van der Waals surface area contributed by atoms with E-state index in [2.05, 4.69) is 6.58 Å². The molecule has 0 saturated heterocycles. The SMILES string of the molecule is C=CCn1c(=O)c2ccccc2c2ccccc2c1=O. The number of aromatic nitrogens is 1. The van der Waals surface area contributed by atoms with Gasteiger partial charge in [0.1, 0.15) is 0 Å². The maximum Gasteiger partial charge on any atom is 0.261 e. The molecule has 0 N–H and O–H groups in total. The topological polar surface area (TPSA) is 39.1 Å². The van der Waals surface area contributed by atoms with Gasteiger partial charge in [-0.2, -0.15) is 0 Å². The summed E-state index contributed by atoms with van der Waals surface area (Å²) in [7, 11) is 0. The quantitative estimate of drug-likeness (QED) is 0.667. The Hall–Kier alpha value is -2.68. The Morgan fingerprint density at radius 2 is 1.20 bits per heavy atom. The van der Waals surface area contributed by atoms with Gasteiger partial charge in [0.15, 0.2) is 0 Å². The molecule has 3 rings (SSSR count). The molecule has 0 aliphatic heterocycles.